The van der Waals surface area contributed by atoms with Gasteiger partial charge in [0.05, 0.1) is 0 Å². The van der Waals surface area contributed by atoms with Crippen LogP contribution in [0.2, 0.25) is 0 Å². The van der Waals surface area contributed by atoms with Crippen molar-refractivity contribution in [3.63, 3.8) is 0 Å². The minimum absolute atomic E-state index is 0.322. The summed E-state index contributed by atoms with van der Waals surface area (Å²) in [6.45, 7) is 3.54. The van der Waals surface area contributed by atoms with Crippen molar-refractivity contribution in [3.8, 4) is 5.75 Å². The van der Waals surface area contributed by atoms with E-state index in [1.54, 1.807) is 0 Å². The number of hydrogen-bond acceptors (Lipinski definition) is 3. The lowest BCUT2D eigenvalue weighted by molar-refractivity contribution is 0.218. The van der Waals surface area contributed by atoms with Crippen molar-refractivity contribution < 1.29 is 10.2 Å². The number of likely N-dealkylation sites (tertiary alicyclic amines) is 1. The zero-order chi connectivity index (χ0) is 16.3. The minimum atomic E-state index is 0.322. The Kier molecular flexibility index (Phi) is 8.48. The van der Waals surface area contributed by atoms with E-state index in [1.165, 1.54) is 50.5 Å². The molecule has 0 bridgehead atoms. The Balaban J connectivity index is 1.69. The van der Waals surface area contributed by atoms with E-state index in [1.807, 2.05) is 6.07 Å². The number of benzene rings is 1. The van der Waals surface area contributed by atoms with E-state index in [9.17, 15) is 5.11 Å². The third kappa shape index (κ3) is 6.92. The second kappa shape index (κ2) is 10.7. The zero-order valence-corrected chi connectivity index (χ0v) is 14.5. The van der Waals surface area contributed by atoms with Crippen molar-refractivity contribution in [2.24, 2.45) is 0 Å². The van der Waals surface area contributed by atoms with E-state index in [2.05, 4.69) is 17.0 Å². The summed E-state index contributed by atoms with van der Waals surface area (Å²) in [5.41, 5.74) is 2.32. The Bertz CT molecular complexity index is 441. The van der Waals surface area contributed by atoms with Gasteiger partial charge in [0.15, 0.2) is 0 Å². The lowest BCUT2D eigenvalue weighted by Gasteiger charge is -2.26. The molecule has 3 nitrogen and oxygen atoms in total. The zero-order valence-electron chi connectivity index (χ0n) is 14.5. The van der Waals surface area contributed by atoms with Crippen molar-refractivity contribution in [2.45, 2.75) is 70.8 Å². The number of piperidine rings is 1. The molecular weight excluding hydrogens is 286 g/mol. The Labute approximate surface area is 141 Å². The van der Waals surface area contributed by atoms with Crippen LogP contribution in [-0.2, 0) is 13.0 Å². The Morgan fingerprint density at radius 2 is 1.57 bits per heavy atom. The van der Waals surface area contributed by atoms with E-state index in [0.717, 1.165) is 44.5 Å². The number of hydrogen-bond donors (Lipinski definition) is 2. The van der Waals surface area contributed by atoms with Crippen LogP contribution in [0.25, 0.3) is 0 Å². The summed E-state index contributed by atoms with van der Waals surface area (Å²) in [5.74, 6) is 0.469. The van der Waals surface area contributed by atoms with Gasteiger partial charge in [-0.05, 0) is 56.8 Å². The normalized spacial score (nSPS) is 15.9. The van der Waals surface area contributed by atoms with Crippen LogP contribution in [0.1, 0.15) is 68.9 Å². The first-order valence-electron chi connectivity index (χ1n) is 9.43. The van der Waals surface area contributed by atoms with Crippen molar-refractivity contribution in [3.05, 3.63) is 29.3 Å². The van der Waals surface area contributed by atoms with Gasteiger partial charge in [0.2, 0.25) is 0 Å². The Hall–Kier alpha value is -1.06. The molecule has 2 N–H and O–H groups in total. The van der Waals surface area contributed by atoms with E-state index in [0.29, 0.717) is 12.4 Å². The molecule has 0 amide bonds. The van der Waals surface area contributed by atoms with Crippen LogP contribution in [0.15, 0.2) is 18.2 Å². The summed E-state index contributed by atoms with van der Waals surface area (Å²) in [5, 5.41) is 19.0. The molecule has 1 saturated heterocycles. The summed E-state index contributed by atoms with van der Waals surface area (Å²) < 4.78 is 0. The molecule has 23 heavy (non-hydrogen) atoms. The maximum Gasteiger partial charge on any atom is 0.120 e. The van der Waals surface area contributed by atoms with Crippen LogP contribution in [0, 0.1) is 0 Å². The molecule has 0 spiro atoms. The second-order valence-electron chi connectivity index (χ2n) is 6.89. The summed E-state index contributed by atoms with van der Waals surface area (Å²) in [7, 11) is 0. The van der Waals surface area contributed by atoms with Crippen molar-refractivity contribution >= 4 is 0 Å². The number of phenolic OH excluding ortho intramolecular Hbond substituents is 1. The molecule has 1 aliphatic heterocycles. The van der Waals surface area contributed by atoms with Crippen LogP contribution >= 0.6 is 0 Å². The number of phenols is 1. The number of aromatic hydroxyl groups is 1. The molecule has 1 fully saturated rings. The fourth-order valence-corrected chi connectivity index (χ4v) is 3.41. The quantitative estimate of drug-likeness (QED) is 0.634. The predicted molar refractivity (Wildman–Crippen MR) is 95.7 cm³/mol. The smallest absolute Gasteiger partial charge is 0.120 e. The molecule has 1 aromatic rings. The topological polar surface area (TPSA) is 43.7 Å². The van der Waals surface area contributed by atoms with E-state index in [-0.39, 0.29) is 0 Å². The van der Waals surface area contributed by atoms with Crippen LogP contribution in [0.3, 0.4) is 0 Å². The number of aliphatic hydroxyl groups excluding tert-OH is 1. The molecule has 1 aromatic carbocycles. The van der Waals surface area contributed by atoms with Gasteiger partial charge in [-0.25, -0.2) is 0 Å². The van der Waals surface area contributed by atoms with Gasteiger partial charge in [-0.1, -0.05) is 44.2 Å². The first-order chi connectivity index (χ1) is 11.3. The number of rotatable bonds is 10. The van der Waals surface area contributed by atoms with Crippen LogP contribution in [0.5, 0.6) is 5.75 Å². The molecule has 0 saturated carbocycles. The summed E-state index contributed by atoms with van der Waals surface area (Å²) >= 11 is 0. The highest BCUT2D eigenvalue weighted by Gasteiger charge is 2.12. The van der Waals surface area contributed by atoms with Crippen molar-refractivity contribution in [1.29, 1.82) is 0 Å². The van der Waals surface area contributed by atoms with Crippen molar-refractivity contribution in [2.75, 3.05) is 19.7 Å². The van der Waals surface area contributed by atoms with Gasteiger partial charge in [0, 0.05) is 18.7 Å². The van der Waals surface area contributed by atoms with Gasteiger partial charge in [0.1, 0.15) is 5.75 Å². The first kappa shape index (κ1) is 18.3. The third-order valence-electron chi connectivity index (χ3n) is 4.87. The first-order valence-corrected chi connectivity index (χ1v) is 9.43. The molecule has 130 valence electrons. The molecular formula is C20H33NO2. The Morgan fingerprint density at radius 3 is 2.26 bits per heavy atom. The average Bonchev–Trinajstić information content (AvgIpc) is 2.57. The molecule has 0 atom stereocenters. The fourth-order valence-electron chi connectivity index (χ4n) is 3.41. The van der Waals surface area contributed by atoms with Crippen molar-refractivity contribution in [1.82, 2.24) is 4.90 Å². The lowest BCUT2D eigenvalue weighted by Crippen LogP contribution is -2.29. The van der Waals surface area contributed by atoms with Gasteiger partial charge >= 0.3 is 0 Å². The number of unbranched alkanes of at least 4 members (excludes halogenated alkanes) is 5. The molecule has 2 rings (SSSR count). The SMILES string of the molecule is OCCCCCCCCc1ccc(CN2CCCCC2)c(O)c1. The highest BCUT2D eigenvalue weighted by Crippen LogP contribution is 2.23. The summed E-state index contributed by atoms with van der Waals surface area (Å²) in [4.78, 5) is 2.45. The molecule has 1 heterocycles. The average molecular weight is 319 g/mol. The molecule has 0 radical (unpaired) electrons. The molecule has 3 heteroatoms. The van der Waals surface area contributed by atoms with Gasteiger partial charge in [-0.2, -0.15) is 0 Å². The van der Waals surface area contributed by atoms with Crippen LogP contribution in [0.4, 0.5) is 0 Å². The standard InChI is InChI=1S/C20H33NO2/c22-15-9-4-2-1-3-6-10-18-11-12-19(20(23)16-18)17-21-13-7-5-8-14-21/h11-12,16,22-23H,1-10,13-15,17H2. The Morgan fingerprint density at radius 1 is 0.870 bits per heavy atom. The largest absolute Gasteiger partial charge is 0.508 e. The maximum absolute atomic E-state index is 10.3. The second-order valence-corrected chi connectivity index (χ2v) is 6.89. The predicted octanol–water partition coefficient (Wildman–Crippen LogP) is 4.25. The third-order valence-corrected chi connectivity index (χ3v) is 4.87. The highest BCUT2D eigenvalue weighted by molar-refractivity contribution is 5.36. The van der Waals surface area contributed by atoms with E-state index < -0.39 is 0 Å². The molecule has 0 unspecified atom stereocenters. The maximum atomic E-state index is 10.3. The number of nitrogens with zero attached hydrogens (tertiary/aromatic N) is 1. The number of aryl methyl sites for hydroxylation is 1. The monoisotopic (exact) mass is 319 g/mol. The van der Waals surface area contributed by atoms with Crippen LogP contribution < -0.4 is 0 Å². The lowest BCUT2D eigenvalue weighted by atomic mass is 10.0. The van der Waals surface area contributed by atoms with Gasteiger partial charge < -0.3 is 10.2 Å². The molecule has 1 aliphatic rings. The van der Waals surface area contributed by atoms with E-state index in [4.69, 9.17) is 5.11 Å². The fraction of sp³-hybridized carbons (Fsp3) is 0.700. The highest BCUT2D eigenvalue weighted by atomic mass is 16.3. The summed E-state index contributed by atoms with van der Waals surface area (Å²) in [6.07, 6.45) is 12.0. The van der Waals surface area contributed by atoms with Crippen LogP contribution in [-0.4, -0.2) is 34.8 Å². The number of aliphatic hydroxyl groups is 1. The molecule has 0 aliphatic carbocycles. The van der Waals surface area contributed by atoms with Gasteiger partial charge in [-0.15, -0.1) is 0 Å². The van der Waals surface area contributed by atoms with Gasteiger partial charge in [-0.3, -0.25) is 4.90 Å². The van der Waals surface area contributed by atoms with Gasteiger partial charge in [0.25, 0.3) is 0 Å². The molecule has 0 aromatic heterocycles. The van der Waals surface area contributed by atoms with E-state index >= 15 is 0 Å². The minimum Gasteiger partial charge on any atom is -0.508 e. The summed E-state index contributed by atoms with van der Waals surface area (Å²) in [6, 6.07) is 6.26.